The molecule has 6 rings (SSSR count). The fourth-order valence-electron chi connectivity index (χ4n) is 4.36. The molecule has 2 nitrogen and oxygen atoms in total. The van der Waals surface area contributed by atoms with E-state index in [1.807, 2.05) is 0 Å². The number of halogens is 3. The number of hydrogen-bond acceptors (Lipinski definition) is 1. The maximum atomic E-state index is 10.7. The zero-order chi connectivity index (χ0) is 31.9. The van der Waals surface area contributed by atoms with E-state index < -0.39 is 27.9 Å². The van der Waals surface area contributed by atoms with Crippen molar-refractivity contribution in [3.05, 3.63) is 182 Å². The van der Waals surface area contributed by atoms with Gasteiger partial charge in [-0.3, -0.25) is 4.79 Å². The Morgan fingerprint density at radius 2 is 0.511 bits per heavy atom. The fourth-order valence-corrected chi connectivity index (χ4v) is 8.97. The molecule has 0 saturated carbocycles. The second-order valence-corrected chi connectivity index (χ2v) is 14.0. The number of nitrogens with two attached hydrogens (primary N) is 1. The molecule has 0 aliphatic heterocycles. The number of benzene rings is 6. The third-order valence-corrected chi connectivity index (χ3v) is 11.3. The summed E-state index contributed by atoms with van der Waals surface area (Å²) >= 11 is 0. The van der Waals surface area contributed by atoms with Crippen molar-refractivity contribution in [3.63, 3.8) is 0 Å². The largest absolute Gasteiger partial charge is 0.470 e. The molecule has 0 fully saturated rings. The summed E-state index contributed by atoms with van der Waals surface area (Å²) in [4.78, 5) is 9.12. The van der Waals surface area contributed by atoms with Crippen molar-refractivity contribution in [1.29, 1.82) is 0 Å². The van der Waals surface area contributed by atoms with Crippen LogP contribution in [0, 0.1) is 0 Å². The monoisotopic (exact) mass is 637 g/mol. The first-order valence-corrected chi connectivity index (χ1v) is 16.8. The molecule has 0 saturated heterocycles. The van der Waals surface area contributed by atoms with Crippen LogP contribution in [0.5, 0.6) is 0 Å². The normalized spacial score (nSPS) is 10.7. The Balaban J connectivity index is 0.000000170. The lowest BCUT2D eigenvalue weighted by Gasteiger charge is -2.18. The average Bonchev–Trinajstić information content (AvgIpc) is 3.08. The van der Waals surface area contributed by atoms with E-state index >= 15 is 0 Å². The van der Waals surface area contributed by atoms with E-state index in [2.05, 4.69) is 188 Å². The molecule has 2 N–H and O–H groups in total. The molecule has 226 valence electrons. The molecule has 0 unspecified atom stereocenters. The van der Waals surface area contributed by atoms with E-state index in [0.29, 0.717) is 0 Å². The smallest absolute Gasteiger partial charge is 0.362 e. The van der Waals surface area contributed by atoms with E-state index in [1.165, 1.54) is 31.8 Å². The number of carbonyl (C=O) groups excluding carboxylic acids is 1. The van der Waals surface area contributed by atoms with Gasteiger partial charge in [-0.2, -0.15) is 13.2 Å². The molecule has 0 atom stereocenters. The first-order valence-electron chi connectivity index (χ1n) is 14.1. The van der Waals surface area contributed by atoms with Crippen LogP contribution < -0.4 is 37.6 Å². The molecular formula is C38H32F3NOP2. The quantitative estimate of drug-likeness (QED) is 0.198. The van der Waals surface area contributed by atoms with Crippen LogP contribution in [0.25, 0.3) is 0 Å². The minimum atomic E-state index is -4.86. The van der Waals surface area contributed by atoms with Gasteiger partial charge in [0, 0.05) is 0 Å². The van der Waals surface area contributed by atoms with Crippen LogP contribution in [0.1, 0.15) is 0 Å². The molecule has 45 heavy (non-hydrogen) atoms. The summed E-state index contributed by atoms with van der Waals surface area (Å²) in [6.45, 7) is 0. The summed E-state index contributed by atoms with van der Waals surface area (Å²) in [5, 5.41) is 8.39. The Labute approximate surface area is 264 Å². The van der Waals surface area contributed by atoms with Crippen molar-refractivity contribution < 1.29 is 18.0 Å². The highest BCUT2D eigenvalue weighted by Gasteiger charge is 2.35. The Morgan fingerprint density at radius 1 is 0.378 bits per heavy atom. The van der Waals surface area contributed by atoms with Crippen LogP contribution in [0.15, 0.2) is 182 Å². The second-order valence-electron chi connectivity index (χ2n) is 9.55. The van der Waals surface area contributed by atoms with Crippen LogP contribution in [-0.2, 0) is 4.79 Å². The SMILES string of the molecule is NC(=O)C(F)(F)F.c1ccc(P(c2ccccc2)c2ccccc2)cc1.c1ccc(P(c2ccccc2)c2ccccc2)cc1. The summed E-state index contributed by atoms with van der Waals surface area (Å²) in [7, 11) is -0.892. The van der Waals surface area contributed by atoms with E-state index in [9.17, 15) is 13.2 Å². The number of rotatable bonds is 6. The minimum Gasteiger partial charge on any atom is -0.362 e. The van der Waals surface area contributed by atoms with Gasteiger partial charge in [0.15, 0.2) is 0 Å². The molecule has 0 radical (unpaired) electrons. The molecule has 0 aliphatic carbocycles. The van der Waals surface area contributed by atoms with Gasteiger partial charge in [0.05, 0.1) is 0 Å². The van der Waals surface area contributed by atoms with Crippen molar-refractivity contribution in [2.45, 2.75) is 6.18 Å². The molecule has 7 heteroatoms. The summed E-state index contributed by atoms with van der Waals surface area (Å²) in [6.07, 6.45) is -4.86. The van der Waals surface area contributed by atoms with Gasteiger partial charge in [-0.15, -0.1) is 0 Å². The topological polar surface area (TPSA) is 43.1 Å². The Morgan fingerprint density at radius 3 is 0.622 bits per heavy atom. The predicted molar refractivity (Wildman–Crippen MR) is 186 cm³/mol. The first kappa shape index (κ1) is 33.3. The first-order chi connectivity index (χ1) is 21.8. The molecule has 1 amide bonds. The van der Waals surface area contributed by atoms with Crippen molar-refractivity contribution in [2.24, 2.45) is 5.73 Å². The molecule has 0 heterocycles. The van der Waals surface area contributed by atoms with E-state index in [0.717, 1.165) is 0 Å². The van der Waals surface area contributed by atoms with Crippen LogP contribution in [-0.4, -0.2) is 12.1 Å². The zero-order valence-corrected chi connectivity index (χ0v) is 26.1. The standard InChI is InChI=1S/2C18H15P.C2H2F3NO/c2*1-4-10-16(11-5-1)19(17-12-6-2-7-13-17)18-14-8-3-9-15-18;3-2(4,5)1(6)7/h2*1-15H;(H2,6,7). The van der Waals surface area contributed by atoms with Crippen LogP contribution in [0.3, 0.4) is 0 Å². The van der Waals surface area contributed by atoms with Gasteiger partial charge in [0.2, 0.25) is 0 Å². The average molecular weight is 638 g/mol. The molecule has 0 spiro atoms. The van der Waals surface area contributed by atoms with Crippen LogP contribution >= 0.6 is 15.8 Å². The molecule has 0 bridgehead atoms. The summed E-state index contributed by atoms with van der Waals surface area (Å²) < 4.78 is 32.1. The molecule has 0 aromatic heterocycles. The number of alkyl halides is 3. The third-order valence-electron chi connectivity index (χ3n) is 6.37. The maximum Gasteiger partial charge on any atom is 0.470 e. The molecule has 0 aliphatic rings. The van der Waals surface area contributed by atoms with Gasteiger partial charge < -0.3 is 5.73 Å². The van der Waals surface area contributed by atoms with E-state index in [-0.39, 0.29) is 0 Å². The Kier molecular flexibility index (Phi) is 12.6. The Bertz CT molecular complexity index is 1380. The molecule has 6 aromatic carbocycles. The van der Waals surface area contributed by atoms with Crippen LogP contribution in [0.4, 0.5) is 13.2 Å². The number of carbonyl (C=O) groups is 1. The number of primary amides is 1. The second kappa shape index (κ2) is 17.1. The highest BCUT2D eigenvalue weighted by Crippen LogP contribution is 2.33. The van der Waals surface area contributed by atoms with E-state index in [1.54, 1.807) is 0 Å². The van der Waals surface area contributed by atoms with Crippen LogP contribution in [0.2, 0.25) is 0 Å². The minimum absolute atomic E-state index is 0.446. The highest BCUT2D eigenvalue weighted by molar-refractivity contribution is 7.80. The van der Waals surface area contributed by atoms with Gasteiger partial charge in [-0.1, -0.05) is 182 Å². The van der Waals surface area contributed by atoms with Crippen molar-refractivity contribution in [3.8, 4) is 0 Å². The Hall–Kier alpha value is -4.56. The molecule has 6 aromatic rings. The van der Waals surface area contributed by atoms with Gasteiger partial charge >= 0.3 is 12.1 Å². The summed E-state index contributed by atoms with van der Waals surface area (Å²) in [6, 6.07) is 64.7. The predicted octanol–water partition coefficient (Wildman–Crippen LogP) is 6.92. The number of amides is 1. The fraction of sp³-hybridized carbons (Fsp3) is 0.0263. The van der Waals surface area contributed by atoms with Gasteiger partial charge in [0.25, 0.3) is 0 Å². The zero-order valence-electron chi connectivity index (χ0n) is 24.3. The highest BCUT2D eigenvalue weighted by atomic mass is 31.1. The lowest BCUT2D eigenvalue weighted by atomic mass is 10.4. The van der Waals surface area contributed by atoms with Crippen molar-refractivity contribution in [2.75, 3.05) is 0 Å². The van der Waals surface area contributed by atoms with Gasteiger partial charge in [-0.25, -0.2) is 0 Å². The maximum absolute atomic E-state index is 10.7. The lowest BCUT2D eigenvalue weighted by Crippen LogP contribution is -2.30. The van der Waals surface area contributed by atoms with Crippen molar-refractivity contribution >= 4 is 53.6 Å². The molecular weight excluding hydrogens is 605 g/mol. The van der Waals surface area contributed by atoms with E-state index in [4.69, 9.17) is 4.79 Å². The third kappa shape index (κ3) is 10.3. The van der Waals surface area contributed by atoms with Gasteiger partial charge in [-0.05, 0) is 47.7 Å². The van der Waals surface area contributed by atoms with Gasteiger partial charge in [0.1, 0.15) is 0 Å². The van der Waals surface area contributed by atoms with Crippen molar-refractivity contribution in [1.82, 2.24) is 0 Å². The summed E-state index contributed by atoms with van der Waals surface area (Å²) in [5.74, 6) is -2.26. The lowest BCUT2D eigenvalue weighted by molar-refractivity contribution is -0.169. The summed E-state index contributed by atoms with van der Waals surface area (Å²) in [5.41, 5.74) is 3.81. The number of hydrogen-bond donors (Lipinski definition) is 1.